The normalized spacial score (nSPS) is 15.3. The number of aromatic nitrogens is 2. The van der Waals surface area contributed by atoms with E-state index in [2.05, 4.69) is 9.82 Å². The first kappa shape index (κ1) is 14.2. The predicted octanol–water partition coefficient (Wildman–Crippen LogP) is 0.668. The fourth-order valence-electron chi connectivity index (χ4n) is 1.53. The molecule has 0 saturated carbocycles. The van der Waals surface area contributed by atoms with Gasteiger partial charge in [0.05, 0.1) is 6.20 Å². The quantitative estimate of drug-likeness (QED) is 0.850. The first-order valence-electron chi connectivity index (χ1n) is 5.56. The molecular formula is C11H15N3O3S2. The smallest absolute Gasteiger partial charge is 0.243 e. The Hall–Kier alpha value is -1.22. The largest absolute Gasteiger partial charge is 0.383 e. The first-order valence-corrected chi connectivity index (χ1v) is 7.92. The van der Waals surface area contributed by atoms with Crippen LogP contribution in [0.25, 0.3) is 0 Å². The molecule has 0 aliphatic carbocycles. The van der Waals surface area contributed by atoms with Crippen LogP contribution in [0.2, 0.25) is 0 Å². The number of hydrogen-bond donors (Lipinski definition) is 2. The maximum absolute atomic E-state index is 12.0. The molecular weight excluding hydrogens is 286 g/mol. The molecule has 104 valence electrons. The summed E-state index contributed by atoms with van der Waals surface area (Å²) < 4.78 is 27.8. The molecule has 0 bridgehead atoms. The van der Waals surface area contributed by atoms with Crippen molar-refractivity contribution in [3.8, 4) is 0 Å². The van der Waals surface area contributed by atoms with E-state index in [0.717, 1.165) is 0 Å². The van der Waals surface area contributed by atoms with Crippen molar-refractivity contribution in [2.45, 2.75) is 17.4 Å². The zero-order valence-corrected chi connectivity index (χ0v) is 12.2. The number of hydrogen-bond acceptors (Lipinski definition) is 5. The van der Waals surface area contributed by atoms with Gasteiger partial charge in [-0.1, -0.05) is 6.07 Å². The molecule has 2 N–H and O–H groups in total. The maximum Gasteiger partial charge on any atom is 0.243 e. The van der Waals surface area contributed by atoms with E-state index in [1.807, 2.05) is 11.4 Å². The molecule has 0 fully saturated rings. The van der Waals surface area contributed by atoms with Gasteiger partial charge < -0.3 is 5.11 Å². The summed E-state index contributed by atoms with van der Waals surface area (Å²) in [5, 5.41) is 15.9. The zero-order chi connectivity index (χ0) is 14.1. The molecule has 2 aromatic heterocycles. The molecule has 0 saturated heterocycles. The Morgan fingerprint density at radius 2 is 2.32 bits per heavy atom. The minimum atomic E-state index is -3.65. The summed E-state index contributed by atoms with van der Waals surface area (Å²) in [6, 6.07) is 3.58. The average molecular weight is 301 g/mol. The Balaban J connectivity index is 2.10. The molecule has 19 heavy (non-hydrogen) atoms. The first-order chi connectivity index (χ1) is 8.81. The van der Waals surface area contributed by atoms with Gasteiger partial charge in [0.25, 0.3) is 0 Å². The van der Waals surface area contributed by atoms with Gasteiger partial charge in [0.15, 0.2) is 0 Å². The van der Waals surface area contributed by atoms with Crippen LogP contribution in [0.15, 0.2) is 34.8 Å². The fraction of sp³-hybridized carbons (Fsp3) is 0.364. The van der Waals surface area contributed by atoms with E-state index in [9.17, 15) is 13.5 Å². The highest BCUT2D eigenvalue weighted by atomic mass is 32.2. The molecule has 0 spiro atoms. The summed E-state index contributed by atoms with van der Waals surface area (Å²) in [6.07, 6.45) is 2.67. The monoisotopic (exact) mass is 301 g/mol. The van der Waals surface area contributed by atoms with Crippen molar-refractivity contribution in [1.82, 2.24) is 14.5 Å². The van der Waals surface area contributed by atoms with Gasteiger partial charge in [-0.15, -0.1) is 11.3 Å². The van der Waals surface area contributed by atoms with Crippen LogP contribution in [0.5, 0.6) is 0 Å². The van der Waals surface area contributed by atoms with Crippen molar-refractivity contribution in [2.24, 2.45) is 7.05 Å². The van der Waals surface area contributed by atoms with Crippen LogP contribution < -0.4 is 4.72 Å². The molecule has 2 heterocycles. The Kier molecular flexibility index (Phi) is 3.77. The number of aryl methyl sites for hydroxylation is 1. The van der Waals surface area contributed by atoms with Gasteiger partial charge >= 0.3 is 0 Å². The van der Waals surface area contributed by atoms with E-state index in [1.165, 1.54) is 28.4 Å². The minimum Gasteiger partial charge on any atom is -0.383 e. The fourth-order valence-corrected chi connectivity index (χ4v) is 3.43. The van der Waals surface area contributed by atoms with Gasteiger partial charge in [0.2, 0.25) is 10.0 Å². The van der Waals surface area contributed by atoms with Crippen LogP contribution in [0, 0.1) is 0 Å². The van der Waals surface area contributed by atoms with E-state index in [0.29, 0.717) is 4.88 Å². The number of sulfonamides is 1. The number of thiophene rings is 1. The summed E-state index contributed by atoms with van der Waals surface area (Å²) in [7, 11) is -2.01. The van der Waals surface area contributed by atoms with E-state index in [-0.39, 0.29) is 11.4 Å². The lowest BCUT2D eigenvalue weighted by Crippen LogP contribution is -2.37. The molecule has 0 aromatic carbocycles. The third-order valence-corrected chi connectivity index (χ3v) is 5.13. The van der Waals surface area contributed by atoms with Crippen molar-refractivity contribution in [3.63, 3.8) is 0 Å². The van der Waals surface area contributed by atoms with Crippen molar-refractivity contribution >= 4 is 21.4 Å². The van der Waals surface area contributed by atoms with Crippen LogP contribution in [0.1, 0.15) is 11.8 Å². The second-order valence-electron chi connectivity index (χ2n) is 4.43. The van der Waals surface area contributed by atoms with E-state index < -0.39 is 15.6 Å². The average Bonchev–Trinajstić information content (AvgIpc) is 2.97. The highest BCUT2D eigenvalue weighted by molar-refractivity contribution is 7.89. The summed E-state index contributed by atoms with van der Waals surface area (Å²) in [6.45, 7) is 1.48. The maximum atomic E-state index is 12.0. The van der Waals surface area contributed by atoms with Crippen molar-refractivity contribution in [1.29, 1.82) is 0 Å². The molecule has 6 nitrogen and oxygen atoms in total. The molecule has 1 unspecified atom stereocenters. The molecule has 0 radical (unpaired) electrons. The Morgan fingerprint density at radius 1 is 1.58 bits per heavy atom. The highest BCUT2D eigenvalue weighted by Crippen LogP contribution is 2.24. The van der Waals surface area contributed by atoms with Gasteiger partial charge in [-0.05, 0) is 18.4 Å². The van der Waals surface area contributed by atoms with Gasteiger partial charge in [-0.25, -0.2) is 13.1 Å². The van der Waals surface area contributed by atoms with Crippen LogP contribution in [-0.2, 0) is 22.7 Å². The predicted molar refractivity (Wildman–Crippen MR) is 72.3 cm³/mol. The number of nitrogens with zero attached hydrogens (tertiary/aromatic N) is 2. The molecule has 1 atom stereocenters. The van der Waals surface area contributed by atoms with Crippen LogP contribution in [-0.4, -0.2) is 29.8 Å². The Bertz CT molecular complexity index is 645. The van der Waals surface area contributed by atoms with Gasteiger partial charge in [0, 0.05) is 24.7 Å². The summed E-state index contributed by atoms with van der Waals surface area (Å²) >= 11 is 1.38. The second-order valence-corrected chi connectivity index (χ2v) is 7.14. The van der Waals surface area contributed by atoms with Crippen LogP contribution >= 0.6 is 11.3 Å². The lowest BCUT2D eigenvalue weighted by atomic mass is 10.1. The molecule has 0 aliphatic rings. The topological polar surface area (TPSA) is 84.2 Å². The Labute approximate surface area is 115 Å². The van der Waals surface area contributed by atoms with Gasteiger partial charge in [-0.2, -0.15) is 5.10 Å². The molecule has 0 amide bonds. The lowest BCUT2D eigenvalue weighted by Gasteiger charge is -2.21. The standard InChI is InChI=1S/C11H15N3O3S2/c1-11(15,10-4-3-5-18-10)8-13-19(16,17)9-6-12-14(2)7-9/h3-7,13,15H,8H2,1-2H3. The van der Waals surface area contributed by atoms with Crippen LogP contribution in [0.3, 0.4) is 0 Å². The Morgan fingerprint density at radius 3 is 2.84 bits per heavy atom. The van der Waals surface area contributed by atoms with E-state index in [1.54, 1.807) is 20.0 Å². The number of nitrogens with one attached hydrogen (secondary N) is 1. The number of aliphatic hydroxyl groups is 1. The lowest BCUT2D eigenvalue weighted by molar-refractivity contribution is 0.0666. The summed E-state index contributed by atoms with van der Waals surface area (Å²) in [4.78, 5) is 0.790. The third kappa shape index (κ3) is 3.21. The highest BCUT2D eigenvalue weighted by Gasteiger charge is 2.27. The van der Waals surface area contributed by atoms with E-state index >= 15 is 0 Å². The van der Waals surface area contributed by atoms with Crippen LogP contribution in [0.4, 0.5) is 0 Å². The molecule has 2 aromatic rings. The van der Waals surface area contributed by atoms with Crippen molar-refractivity contribution in [2.75, 3.05) is 6.54 Å². The summed E-state index contributed by atoms with van der Waals surface area (Å²) in [5.74, 6) is 0. The second kappa shape index (κ2) is 5.04. The van der Waals surface area contributed by atoms with Crippen molar-refractivity contribution < 1.29 is 13.5 Å². The van der Waals surface area contributed by atoms with Gasteiger partial charge in [0.1, 0.15) is 10.5 Å². The molecule has 0 aliphatic heterocycles. The van der Waals surface area contributed by atoms with E-state index in [4.69, 9.17) is 0 Å². The number of rotatable bonds is 5. The SMILES string of the molecule is Cn1cc(S(=O)(=O)NCC(C)(O)c2cccs2)cn1. The third-order valence-electron chi connectivity index (χ3n) is 2.65. The van der Waals surface area contributed by atoms with Crippen molar-refractivity contribution in [3.05, 3.63) is 34.8 Å². The molecule has 8 heteroatoms. The van der Waals surface area contributed by atoms with Gasteiger partial charge in [-0.3, -0.25) is 4.68 Å². The zero-order valence-electron chi connectivity index (χ0n) is 10.6. The minimum absolute atomic E-state index is 0.0805. The summed E-state index contributed by atoms with van der Waals surface area (Å²) in [5.41, 5.74) is -1.23. The molecule has 2 rings (SSSR count).